The van der Waals surface area contributed by atoms with Gasteiger partial charge in [-0.15, -0.1) is 0 Å². The van der Waals surface area contributed by atoms with Crippen LogP contribution in [0.3, 0.4) is 0 Å². The van der Waals surface area contributed by atoms with Crippen LogP contribution < -0.4 is 19.7 Å². The van der Waals surface area contributed by atoms with Crippen molar-refractivity contribution in [2.24, 2.45) is 0 Å². The maximum Gasteiger partial charge on any atom is 0.265 e. The molecule has 0 unspecified atom stereocenters. The maximum atomic E-state index is 12.3. The number of carbonyl (C=O) groups excluding carboxylic acids is 2. The average Bonchev–Trinajstić information content (AvgIpc) is 2.66. The number of anilines is 1. The van der Waals surface area contributed by atoms with Crippen molar-refractivity contribution >= 4 is 17.5 Å². The van der Waals surface area contributed by atoms with Gasteiger partial charge in [-0.3, -0.25) is 9.59 Å². The van der Waals surface area contributed by atoms with Crippen molar-refractivity contribution in [2.45, 2.75) is 32.9 Å². The summed E-state index contributed by atoms with van der Waals surface area (Å²) >= 11 is 0. The molecule has 0 saturated heterocycles. The predicted octanol–water partition coefficient (Wildman–Crippen LogP) is 2.91. The van der Waals surface area contributed by atoms with E-state index in [0.29, 0.717) is 24.5 Å². The zero-order valence-corrected chi connectivity index (χ0v) is 15.6. The Labute approximate surface area is 159 Å². The molecule has 1 N–H and O–H groups in total. The third-order valence-corrected chi connectivity index (χ3v) is 4.18. The number of nitrogens with zero attached hydrogens (tertiary/aromatic N) is 1. The van der Waals surface area contributed by atoms with E-state index in [4.69, 9.17) is 9.47 Å². The summed E-state index contributed by atoms with van der Waals surface area (Å²) in [5.74, 6) is 1.17. The molecule has 0 atom stereocenters. The zero-order chi connectivity index (χ0) is 19.2. The van der Waals surface area contributed by atoms with Crippen molar-refractivity contribution < 1.29 is 19.1 Å². The lowest BCUT2D eigenvalue weighted by molar-refractivity contribution is -0.122. The van der Waals surface area contributed by atoms with Gasteiger partial charge in [0, 0.05) is 25.1 Å². The van der Waals surface area contributed by atoms with Crippen LogP contribution in [0.5, 0.6) is 11.5 Å². The van der Waals surface area contributed by atoms with Gasteiger partial charge in [-0.05, 0) is 32.0 Å². The van der Waals surface area contributed by atoms with Crippen LogP contribution in [0.15, 0.2) is 48.5 Å². The van der Waals surface area contributed by atoms with Crippen molar-refractivity contribution in [3.05, 3.63) is 54.1 Å². The van der Waals surface area contributed by atoms with Gasteiger partial charge in [-0.2, -0.15) is 0 Å². The van der Waals surface area contributed by atoms with Crippen LogP contribution in [-0.2, 0) is 16.1 Å². The molecule has 2 aromatic rings. The van der Waals surface area contributed by atoms with E-state index < -0.39 is 0 Å². The first-order valence-electron chi connectivity index (χ1n) is 9.08. The third kappa shape index (κ3) is 4.78. The van der Waals surface area contributed by atoms with Crippen LogP contribution in [0.25, 0.3) is 0 Å². The number of amides is 2. The first kappa shape index (κ1) is 18.8. The monoisotopic (exact) mass is 368 g/mol. The molecule has 1 heterocycles. The normalized spacial score (nSPS) is 13.1. The van der Waals surface area contributed by atoms with Crippen LogP contribution >= 0.6 is 0 Å². The van der Waals surface area contributed by atoms with Gasteiger partial charge in [-0.1, -0.05) is 30.3 Å². The highest BCUT2D eigenvalue weighted by Crippen LogP contribution is 2.31. The zero-order valence-electron chi connectivity index (χ0n) is 15.6. The topological polar surface area (TPSA) is 67.9 Å². The summed E-state index contributed by atoms with van der Waals surface area (Å²) in [5.41, 5.74) is 1.63. The predicted molar refractivity (Wildman–Crippen MR) is 103 cm³/mol. The molecule has 1 aliphatic rings. The Morgan fingerprint density at radius 3 is 2.74 bits per heavy atom. The molecule has 2 amide bonds. The third-order valence-electron chi connectivity index (χ3n) is 4.18. The van der Waals surface area contributed by atoms with Crippen molar-refractivity contribution in [2.75, 3.05) is 18.1 Å². The van der Waals surface area contributed by atoms with E-state index in [0.717, 1.165) is 11.3 Å². The molecule has 2 aromatic carbocycles. The molecule has 0 saturated carbocycles. The van der Waals surface area contributed by atoms with Crippen LogP contribution in [0.4, 0.5) is 5.69 Å². The molecular formula is C21H24N2O4. The number of fused-ring (bicyclic) bond motifs is 1. The molecule has 1 aliphatic heterocycles. The minimum absolute atomic E-state index is 0.00144. The first-order valence-corrected chi connectivity index (χ1v) is 9.08. The van der Waals surface area contributed by atoms with Gasteiger partial charge in [0.05, 0.1) is 11.8 Å². The molecule has 142 valence electrons. The summed E-state index contributed by atoms with van der Waals surface area (Å²) < 4.78 is 11.2. The van der Waals surface area contributed by atoms with Crippen molar-refractivity contribution in [1.82, 2.24) is 5.32 Å². The fraction of sp³-hybridized carbons (Fsp3) is 0.333. The lowest BCUT2D eigenvalue weighted by atomic mass is 10.2. The smallest absolute Gasteiger partial charge is 0.265 e. The van der Waals surface area contributed by atoms with Crippen LogP contribution in [0.1, 0.15) is 25.8 Å². The summed E-state index contributed by atoms with van der Waals surface area (Å²) in [6.45, 7) is 4.63. The molecule has 6 heteroatoms. The molecule has 27 heavy (non-hydrogen) atoms. The molecule has 0 spiro atoms. The molecule has 0 aromatic heterocycles. The number of para-hydroxylation sites is 3. The standard InChI is InChI=1S/C21H24N2O4/c1-15(2)27-18-9-5-3-7-16(18)13-22-20(24)11-12-23-17-8-4-6-10-19(17)26-14-21(23)25/h3-10,15H,11-14H2,1-2H3,(H,22,24). The van der Waals surface area contributed by atoms with Crippen LogP contribution in [-0.4, -0.2) is 31.1 Å². The van der Waals surface area contributed by atoms with Gasteiger partial charge < -0.3 is 19.7 Å². The van der Waals surface area contributed by atoms with Gasteiger partial charge in [0.15, 0.2) is 6.61 Å². The average molecular weight is 368 g/mol. The molecule has 0 radical (unpaired) electrons. The fourth-order valence-corrected chi connectivity index (χ4v) is 2.91. The Kier molecular flexibility index (Phi) is 5.96. The molecule has 3 rings (SSSR count). The van der Waals surface area contributed by atoms with E-state index in [1.54, 1.807) is 4.90 Å². The molecular weight excluding hydrogens is 344 g/mol. The highest BCUT2D eigenvalue weighted by atomic mass is 16.5. The highest BCUT2D eigenvalue weighted by Gasteiger charge is 2.25. The Hall–Kier alpha value is -3.02. The largest absolute Gasteiger partial charge is 0.491 e. The molecule has 6 nitrogen and oxygen atoms in total. The Balaban J connectivity index is 1.56. The Morgan fingerprint density at radius 1 is 1.19 bits per heavy atom. The summed E-state index contributed by atoms with van der Waals surface area (Å²) in [4.78, 5) is 26.0. The fourth-order valence-electron chi connectivity index (χ4n) is 2.91. The Morgan fingerprint density at radius 2 is 1.93 bits per heavy atom. The second kappa shape index (κ2) is 8.58. The van der Waals surface area contributed by atoms with E-state index >= 15 is 0 Å². The Bertz CT molecular complexity index is 819. The van der Waals surface area contributed by atoms with E-state index in [2.05, 4.69) is 5.32 Å². The number of hydrogen-bond acceptors (Lipinski definition) is 4. The lowest BCUT2D eigenvalue weighted by Crippen LogP contribution is -2.41. The second-order valence-corrected chi connectivity index (χ2v) is 6.60. The summed E-state index contributed by atoms with van der Waals surface area (Å²) in [7, 11) is 0. The van der Waals surface area contributed by atoms with Gasteiger partial charge in [0.25, 0.3) is 5.91 Å². The summed E-state index contributed by atoms with van der Waals surface area (Å²) in [6.07, 6.45) is 0.280. The van der Waals surface area contributed by atoms with E-state index in [1.165, 1.54) is 0 Å². The number of nitrogens with one attached hydrogen (secondary N) is 1. The minimum Gasteiger partial charge on any atom is -0.491 e. The number of ether oxygens (including phenoxy) is 2. The van der Waals surface area contributed by atoms with Crippen LogP contribution in [0.2, 0.25) is 0 Å². The summed E-state index contributed by atoms with van der Waals surface area (Å²) in [5, 5.41) is 2.90. The van der Waals surface area contributed by atoms with Gasteiger partial charge in [0.1, 0.15) is 11.5 Å². The first-order chi connectivity index (χ1) is 13.0. The van der Waals surface area contributed by atoms with E-state index in [9.17, 15) is 9.59 Å². The lowest BCUT2D eigenvalue weighted by Gasteiger charge is -2.29. The number of rotatable bonds is 7. The molecule has 0 aliphatic carbocycles. The quantitative estimate of drug-likeness (QED) is 0.816. The second-order valence-electron chi connectivity index (χ2n) is 6.60. The van der Waals surface area contributed by atoms with E-state index in [1.807, 2.05) is 62.4 Å². The SMILES string of the molecule is CC(C)Oc1ccccc1CNC(=O)CCN1C(=O)COc2ccccc21. The van der Waals surface area contributed by atoms with Gasteiger partial charge >= 0.3 is 0 Å². The number of carbonyl (C=O) groups is 2. The van der Waals surface area contributed by atoms with Crippen molar-refractivity contribution in [1.29, 1.82) is 0 Å². The highest BCUT2D eigenvalue weighted by molar-refractivity contribution is 5.98. The summed E-state index contributed by atoms with van der Waals surface area (Å²) in [6, 6.07) is 15.0. The van der Waals surface area contributed by atoms with E-state index in [-0.39, 0.29) is 30.9 Å². The minimum atomic E-state index is -0.142. The molecule has 0 fully saturated rings. The van der Waals surface area contributed by atoms with Gasteiger partial charge in [0.2, 0.25) is 5.91 Å². The number of hydrogen-bond donors (Lipinski definition) is 1. The van der Waals surface area contributed by atoms with Crippen molar-refractivity contribution in [3.8, 4) is 11.5 Å². The van der Waals surface area contributed by atoms with Gasteiger partial charge in [-0.25, -0.2) is 0 Å². The number of benzene rings is 2. The maximum absolute atomic E-state index is 12.3. The van der Waals surface area contributed by atoms with Crippen molar-refractivity contribution in [3.63, 3.8) is 0 Å². The molecule has 0 bridgehead atoms. The van der Waals surface area contributed by atoms with Crippen LogP contribution in [0, 0.1) is 0 Å².